The number of fused-ring (bicyclic) bond motifs is 1. The van der Waals surface area contributed by atoms with Crippen molar-refractivity contribution in [3.8, 4) is 0 Å². The molecule has 0 spiro atoms. The van der Waals surface area contributed by atoms with Crippen molar-refractivity contribution in [2.75, 3.05) is 4.90 Å². The van der Waals surface area contributed by atoms with Crippen molar-refractivity contribution in [1.29, 1.82) is 0 Å². The highest BCUT2D eigenvalue weighted by atomic mass is 32.2. The predicted molar refractivity (Wildman–Crippen MR) is 134 cm³/mol. The highest BCUT2D eigenvalue weighted by Crippen LogP contribution is 2.43. The van der Waals surface area contributed by atoms with Crippen molar-refractivity contribution < 1.29 is 14.0 Å². The largest absolute Gasteiger partial charge is 0.349 e. The van der Waals surface area contributed by atoms with E-state index in [1.165, 1.54) is 23.9 Å². The van der Waals surface area contributed by atoms with Gasteiger partial charge >= 0.3 is 0 Å². The van der Waals surface area contributed by atoms with E-state index in [4.69, 9.17) is 0 Å². The highest BCUT2D eigenvalue weighted by Gasteiger charge is 2.30. The van der Waals surface area contributed by atoms with Gasteiger partial charge in [0.25, 0.3) is 11.8 Å². The number of nitrogens with one attached hydrogen (secondary N) is 1. The molecule has 1 aliphatic heterocycles. The van der Waals surface area contributed by atoms with Crippen molar-refractivity contribution in [1.82, 2.24) is 5.32 Å². The maximum atomic E-state index is 13.6. The monoisotopic (exact) mass is 472 g/mol. The van der Waals surface area contributed by atoms with Gasteiger partial charge in [0.2, 0.25) is 0 Å². The SMILES string of the molecule is O=C(NC1CCCC1)c1ccc2c(c1)N(Cc1ccc(F)cc1)C(=O)C(=Cc1ccccc1)S2. The third-order valence-electron chi connectivity index (χ3n) is 6.23. The van der Waals surface area contributed by atoms with Gasteiger partial charge in [-0.05, 0) is 60.4 Å². The van der Waals surface area contributed by atoms with Crippen LogP contribution in [-0.4, -0.2) is 17.9 Å². The van der Waals surface area contributed by atoms with Crippen LogP contribution in [0.25, 0.3) is 6.08 Å². The molecule has 1 N–H and O–H groups in total. The lowest BCUT2D eigenvalue weighted by Gasteiger charge is -2.31. The summed E-state index contributed by atoms with van der Waals surface area (Å²) in [6.45, 7) is 0.284. The summed E-state index contributed by atoms with van der Waals surface area (Å²) in [6.07, 6.45) is 6.18. The average Bonchev–Trinajstić information content (AvgIpc) is 3.36. The number of carbonyl (C=O) groups is 2. The number of anilines is 1. The molecule has 3 aromatic rings. The number of benzene rings is 3. The summed E-state index contributed by atoms with van der Waals surface area (Å²) >= 11 is 1.41. The maximum Gasteiger partial charge on any atom is 0.265 e. The first kappa shape index (κ1) is 22.4. The molecule has 0 unspecified atom stereocenters. The summed E-state index contributed by atoms with van der Waals surface area (Å²) in [5, 5.41) is 3.12. The van der Waals surface area contributed by atoms with Crippen molar-refractivity contribution >= 4 is 35.3 Å². The lowest BCUT2D eigenvalue weighted by atomic mass is 10.1. The Morgan fingerprint density at radius 2 is 1.76 bits per heavy atom. The average molecular weight is 473 g/mol. The Hall–Kier alpha value is -3.38. The summed E-state index contributed by atoms with van der Waals surface area (Å²) in [4.78, 5) is 29.7. The Morgan fingerprint density at radius 1 is 1.03 bits per heavy atom. The van der Waals surface area contributed by atoms with Crippen molar-refractivity contribution in [2.24, 2.45) is 0 Å². The molecule has 0 aromatic heterocycles. The van der Waals surface area contributed by atoms with Crippen LogP contribution < -0.4 is 10.2 Å². The second-order valence-corrected chi connectivity index (χ2v) is 9.76. The number of carbonyl (C=O) groups excluding carboxylic acids is 2. The molecule has 3 aromatic carbocycles. The lowest BCUT2D eigenvalue weighted by Crippen LogP contribution is -2.35. The molecule has 0 atom stereocenters. The molecule has 1 aliphatic carbocycles. The molecule has 4 nitrogen and oxygen atoms in total. The molecular formula is C28H25FN2O2S. The van der Waals surface area contributed by atoms with Gasteiger partial charge in [0, 0.05) is 16.5 Å². The van der Waals surface area contributed by atoms with Crippen LogP contribution in [0.15, 0.2) is 82.6 Å². The van der Waals surface area contributed by atoms with Crippen LogP contribution >= 0.6 is 11.8 Å². The van der Waals surface area contributed by atoms with Crippen LogP contribution in [0.5, 0.6) is 0 Å². The Kier molecular flexibility index (Phi) is 6.50. The van der Waals surface area contributed by atoms with Gasteiger partial charge in [0.15, 0.2) is 0 Å². The van der Waals surface area contributed by atoms with Gasteiger partial charge in [-0.15, -0.1) is 0 Å². The summed E-state index contributed by atoms with van der Waals surface area (Å²) < 4.78 is 13.5. The van der Waals surface area contributed by atoms with Crippen LogP contribution in [0, 0.1) is 5.82 Å². The molecule has 6 heteroatoms. The van der Waals surface area contributed by atoms with Gasteiger partial charge in [0.1, 0.15) is 5.82 Å². The molecule has 1 saturated carbocycles. The number of hydrogen-bond donors (Lipinski definition) is 1. The first-order valence-corrected chi connectivity index (χ1v) is 12.3. The van der Waals surface area contributed by atoms with E-state index in [9.17, 15) is 14.0 Å². The van der Waals surface area contributed by atoms with E-state index in [-0.39, 0.29) is 30.2 Å². The van der Waals surface area contributed by atoms with Gasteiger partial charge in [-0.3, -0.25) is 9.59 Å². The van der Waals surface area contributed by atoms with Gasteiger partial charge in [-0.1, -0.05) is 67.1 Å². The molecule has 0 bridgehead atoms. The zero-order chi connectivity index (χ0) is 23.5. The Balaban J connectivity index is 1.50. The zero-order valence-corrected chi connectivity index (χ0v) is 19.5. The topological polar surface area (TPSA) is 49.4 Å². The van der Waals surface area contributed by atoms with Gasteiger partial charge in [-0.25, -0.2) is 4.39 Å². The fourth-order valence-electron chi connectivity index (χ4n) is 4.42. The first-order chi connectivity index (χ1) is 16.6. The number of halogens is 1. The fraction of sp³-hybridized carbons (Fsp3) is 0.214. The minimum absolute atomic E-state index is 0.112. The second-order valence-electron chi connectivity index (χ2n) is 8.68. The molecule has 2 aliphatic rings. The standard InChI is InChI=1S/C28H25FN2O2S/c29-22-13-10-20(11-14-22)18-31-24-17-21(27(32)30-23-8-4-5-9-23)12-15-25(24)34-26(28(31)33)16-19-6-2-1-3-7-19/h1-3,6-7,10-17,23H,4-5,8-9,18H2,(H,30,32). The normalized spacial score (nSPS) is 17.1. The first-order valence-electron chi connectivity index (χ1n) is 11.5. The number of amides is 2. The minimum Gasteiger partial charge on any atom is -0.349 e. The third kappa shape index (κ3) is 4.92. The van der Waals surface area contributed by atoms with E-state index < -0.39 is 0 Å². The van der Waals surface area contributed by atoms with Gasteiger partial charge in [-0.2, -0.15) is 0 Å². The number of rotatable bonds is 5. The van der Waals surface area contributed by atoms with E-state index in [1.807, 2.05) is 48.5 Å². The molecule has 1 heterocycles. The van der Waals surface area contributed by atoms with E-state index in [0.29, 0.717) is 16.2 Å². The molecule has 0 radical (unpaired) electrons. The molecule has 34 heavy (non-hydrogen) atoms. The molecule has 172 valence electrons. The summed E-state index contributed by atoms with van der Waals surface area (Å²) in [5.74, 6) is -0.571. The Bertz CT molecular complexity index is 1240. The zero-order valence-electron chi connectivity index (χ0n) is 18.7. The number of nitrogens with zero attached hydrogens (tertiary/aromatic N) is 1. The van der Waals surface area contributed by atoms with Crippen LogP contribution in [-0.2, 0) is 11.3 Å². The summed E-state index contributed by atoms with van der Waals surface area (Å²) in [7, 11) is 0. The second kappa shape index (κ2) is 9.85. The number of thioether (sulfide) groups is 1. The maximum absolute atomic E-state index is 13.6. The predicted octanol–water partition coefficient (Wildman–Crippen LogP) is 6.18. The summed E-state index contributed by atoms with van der Waals surface area (Å²) in [5.41, 5.74) is 2.99. The Morgan fingerprint density at radius 3 is 2.50 bits per heavy atom. The van der Waals surface area contributed by atoms with Crippen molar-refractivity contribution in [3.63, 3.8) is 0 Å². The van der Waals surface area contributed by atoms with Crippen molar-refractivity contribution in [3.05, 3.63) is 100 Å². The third-order valence-corrected chi connectivity index (χ3v) is 7.31. The lowest BCUT2D eigenvalue weighted by molar-refractivity contribution is -0.114. The van der Waals surface area contributed by atoms with Crippen LogP contribution in [0.3, 0.4) is 0 Å². The number of hydrogen-bond acceptors (Lipinski definition) is 3. The molecule has 2 amide bonds. The molecule has 5 rings (SSSR count). The van der Waals surface area contributed by atoms with Crippen molar-refractivity contribution in [2.45, 2.75) is 43.2 Å². The van der Waals surface area contributed by atoms with E-state index in [0.717, 1.165) is 41.7 Å². The minimum atomic E-state index is -0.319. The van der Waals surface area contributed by atoms with Gasteiger partial charge < -0.3 is 10.2 Å². The highest BCUT2D eigenvalue weighted by molar-refractivity contribution is 8.04. The van der Waals surface area contributed by atoms with Crippen LogP contribution in [0.4, 0.5) is 10.1 Å². The van der Waals surface area contributed by atoms with E-state index in [1.54, 1.807) is 23.1 Å². The van der Waals surface area contributed by atoms with E-state index >= 15 is 0 Å². The fourth-order valence-corrected chi connectivity index (χ4v) is 5.46. The summed E-state index contributed by atoms with van der Waals surface area (Å²) in [6, 6.07) is 21.6. The quantitative estimate of drug-likeness (QED) is 0.451. The van der Waals surface area contributed by atoms with Crippen LogP contribution in [0.1, 0.15) is 47.2 Å². The molecule has 0 saturated heterocycles. The molecule has 1 fully saturated rings. The van der Waals surface area contributed by atoms with Crippen LogP contribution in [0.2, 0.25) is 0 Å². The Labute approximate surface area is 202 Å². The van der Waals surface area contributed by atoms with Gasteiger partial charge in [0.05, 0.1) is 17.1 Å². The smallest absolute Gasteiger partial charge is 0.265 e. The molecular weight excluding hydrogens is 447 g/mol. The van der Waals surface area contributed by atoms with E-state index in [2.05, 4.69) is 5.32 Å².